The van der Waals surface area contributed by atoms with Gasteiger partial charge in [0.25, 0.3) is 0 Å². The van der Waals surface area contributed by atoms with Crippen LogP contribution in [0.3, 0.4) is 0 Å². The molecule has 1 aromatic carbocycles. The van der Waals surface area contributed by atoms with Gasteiger partial charge in [-0.1, -0.05) is 12.1 Å². The average molecular weight is 232 g/mol. The molecule has 0 aliphatic carbocycles. The number of carboxylic acids is 1. The summed E-state index contributed by atoms with van der Waals surface area (Å²) < 4.78 is 40.9. The predicted molar refractivity (Wildman–Crippen MR) is 47.6 cm³/mol. The zero-order valence-corrected chi connectivity index (χ0v) is 7.86. The number of carboxylic acid groups (broad SMARTS) is 1. The smallest absolute Gasteiger partial charge is 0.418 e. The van der Waals surface area contributed by atoms with Crippen molar-refractivity contribution < 1.29 is 27.8 Å². The van der Waals surface area contributed by atoms with E-state index in [1.54, 1.807) is 0 Å². The van der Waals surface area contributed by atoms with E-state index in [9.17, 15) is 18.0 Å². The molecule has 0 saturated carbocycles. The molecule has 1 N–H and O–H groups in total. The molecular weight excluding hydrogens is 225 g/mol. The highest BCUT2D eigenvalue weighted by atomic mass is 19.4. The summed E-state index contributed by atoms with van der Waals surface area (Å²) in [4.78, 5) is 10.5. The van der Waals surface area contributed by atoms with E-state index in [-0.39, 0.29) is 11.1 Å². The maximum absolute atomic E-state index is 12.3. The number of ether oxygens (including phenoxy) is 1. The molecule has 1 aromatic rings. The third kappa shape index (κ3) is 2.73. The minimum absolute atomic E-state index is 0.110. The number of rotatable bonds is 3. The van der Waals surface area contributed by atoms with Crippen LogP contribution in [0.2, 0.25) is 0 Å². The number of aromatic carboxylic acids is 1. The van der Waals surface area contributed by atoms with Gasteiger partial charge in [-0.05, 0) is 17.7 Å². The Labute approximate surface area is 89.5 Å². The summed E-state index contributed by atoms with van der Waals surface area (Å²) in [7, 11) is 4.55. The molecule has 0 aromatic heterocycles. The molecule has 0 amide bonds. The highest BCUT2D eigenvalue weighted by molar-refractivity contribution is 5.87. The molecule has 1 unspecified atom stereocenters. The summed E-state index contributed by atoms with van der Waals surface area (Å²) in [5, 5.41) is 8.55. The predicted octanol–water partition coefficient (Wildman–Crippen LogP) is 2.67. The second kappa shape index (κ2) is 4.52. The Morgan fingerprint density at radius 3 is 2.12 bits per heavy atom. The van der Waals surface area contributed by atoms with Crippen LogP contribution in [-0.2, 0) is 4.74 Å². The zero-order chi connectivity index (χ0) is 12.3. The van der Waals surface area contributed by atoms with Crippen LogP contribution in [0.5, 0.6) is 0 Å². The van der Waals surface area contributed by atoms with E-state index in [1.165, 1.54) is 0 Å². The van der Waals surface area contributed by atoms with Crippen molar-refractivity contribution in [3.05, 3.63) is 42.5 Å². The molecule has 1 atom stereocenters. The first-order valence-corrected chi connectivity index (χ1v) is 4.11. The second-order valence-electron chi connectivity index (χ2n) is 2.98. The van der Waals surface area contributed by atoms with Crippen LogP contribution in [-0.4, -0.2) is 17.3 Å². The van der Waals surface area contributed by atoms with Gasteiger partial charge in [-0.15, -0.1) is 0 Å². The molecular formula is C10H7F3O3. The van der Waals surface area contributed by atoms with Crippen LogP contribution in [0.1, 0.15) is 22.0 Å². The largest absolute Gasteiger partial charge is 0.478 e. The molecule has 1 rings (SSSR count). The molecule has 3 nitrogen and oxygen atoms in total. The highest BCUT2D eigenvalue weighted by Gasteiger charge is 2.41. The summed E-state index contributed by atoms with van der Waals surface area (Å²) >= 11 is 0. The van der Waals surface area contributed by atoms with E-state index in [1.807, 2.05) is 0 Å². The topological polar surface area (TPSA) is 46.5 Å². The van der Waals surface area contributed by atoms with Gasteiger partial charge in [-0.3, -0.25) is 0 Å². The van der Waals surface area contributed by atoms with Crippen LogP contribution in [0.4, 0.5) is 13.2 Å². The van der Waals surface area contributed by atoms with Crippen molar-refractivity contribution in [1.82, 2.24) is 0 Å². The van der Waals surface area contributed by atoms with Gasteiger partial charge in [0.15, 0.2) is 6.10 Å². The fraction of sp³-hybridized carbons (Fsp3) is 0.200. The van der Waals surface area contributed by atoms with Gasteiger partial charge in [0, 0.05) is 0 Å². The van der Waals surface area contributed by atoms with Crippen LogP contribution >= 0.6 is 0 Å². The summed E-state index contributed by atoms with van der Waals surface area (Å²) in [5.74, 6) is -1.22. The molecule has 2 radical (unpaired) electrons. The SMILES string of the molecule is [CH]OC(c1ccc(C(=O)O)cc1)C(F)(F)F. The Hall–Kier alpha value is -1.56. The number of halogens is 3. The Kier molecular flexibility index (Phi) is 3.54. The molecule has 0 heterocycles. The molecule has 0 bridgehead atoms. The van der Waals surface area contributed by atoms with E-state index >= 15 is 0 Å². The van der Waals surface area contributed by atoms with Crippen LogP contribution in [0.15, 0.2) is 24.3 Å². The van der Waals surface area contributed by atoms with Crippen molar-refractivity contribution in [2.75, 3.05) is 0 Å². The van der Waals surface area contributed by atoms with E-state index in [4.69, 9.17) is 5.11 Å². The van der Waals surface area contributed by atoms with Gasteiger partial charge < -0.3 is 9.84 Å². The van der Waals surface area contributed by atoms with E-state index in [0.717, 1.165) is 24.3 Å². The standard InChI is InChI=1S/C10H7F3O3/c1-16-8(10(11,12)13)6-2-4-7(5-3-6)9(14)15/h1-5,8H,(H,14,15). The summed E-state index contributed by atoms with van der Waals surface area (Å²) in [6.07, 6.45) is -6.89. The monoisotopic (exact) mass is 232 g/mol. The number of hydrogen-bond donors (Lipinski definition) is 1. The lowest BCUT2D eigenvalue weighted by Gasteiger charge is -2.18. The lowest BCUT2D eigenvalue weighted by Crippen LogP contribution is -2.21. The van der Waals surface area contributed by atoms with Gasteiger partial charge in [0.05, 0.1) is 5.56 Å². The summed E-state index contributed by atoms with van der Waals surface area (Å²) in [5.41, 5.74) is -0.360. The Morgan fingerprint density at radius 2 is 1.81 bits per heavy atom. The van der Waals surface area contributed by atoms with E-state index in [2.05, 4.69) is 11.8 Å². The van der Waals surface area contributed by atoms with Crippen LogP contribution in [0.25, 0.3) is 0 Å². The van der Waals surface area contributed by atoms with Gasteiger partial charge in [-0.25, -0.2) is 4.79 Å². The van der Waals surface area contributed by atoms with Crippen molar-refractivity contribution in [3.8, 4) is 0 Å². The van der Waals surface area contributed by atoms with Crippen LogP contribution < -0.4 is 0 Å². The number of carbonyl (C=O) groups is 1. The first-order chi connectivity index (χ1) is 7.36. The minimum atomic E-state index is -4.64. The number of benzene rings is 1. The third-order valence-corrected chi connectivity index (χ3v) is 1.89. The second-order valence-corrected chi connectivity index (χ2v) is 2.98. The fourth-order valence-corrected chi connectivity index (χ4v) is 1.15. The molecule has 0 aliphatic heterocycles. The first-order valence-electron chi connectivity index (χ1n) is 4.11. The summed E-state index contributed by atoms with van der Waals surface area (Å²) in [6, 6.07) is 4.12. The number of hydrogen-bond acceptors (Lipinski definition) is 2. The number of alkyl halides is 3. The maximum Gasteiger partial charge on any atom is 0.418 e. The van der Waals surface area contributed by atoms with Crippen molar-refractivity contribution >= 4 is 5.97 Å². The molecule has 6 heteroatoms. The fourth-order valence-electron chi connectivity index (χ4n) is 1.15. The normalized spacial score (nSPS) is 13.5. The minimum Gasteiger partial charge on any atom is -0.478 e. The van der Waals surface area contributed by atoms with Crippen molar-refractivity contribution in [1.29, 1.82) is 0 Å². The van der Waals surface area contributed by atoms with Crippen LogP contribution in [0, 0.1) is 7.11 Å². The Bertz CT molecular complexity index is 370. The van der Waals surface area contributed by atoms with Gasteiger partial charge in [0.2, 0.25) is 0 Å². The first kappa shape index (κ1) is 12.5. The van der Waals surface area contributed by atoms with E-state index in [0.29, 0.717) is 0 Å². The van der Waals surface area contributed by atoms with Gasteiger partial charge >= 0.3 is 12.1 Å². The van der Waals surface area contributed by atoms with Crippen molar-refractivity contribution in [2.24, 2.45) is 0 Å². The van der Waals surface area contributed by atoms with E-state index < -0.39 is 18.2 Å². The Morgan fingerprint density at radius 1 is 1.31 bits per heavy atom. The quantitative estimate of drug-likeness (QED) is 0.871. The Balaban J connectivity index is 3.00. The molecule has 0 aliphatic rings. The maximum atomic E-state index is 12.3. The molecule has 86 valence electrons. The average Bonchev–Trinajstić information content (AvgIpc) is 2.17. The lowest BCUT2D eigenvalue weighted by atomic mass is 10.1. The van der Waals surface area contributed by atoms with Gasteiger partial charge in [0.1, 0.15) is 7.11 Å². The zero-order valence-electron chi connectivity index (χ0n) is 7.86. The molecule has 0 fully saturated rings. The highest BCUT2D eigenvalue weighted by Crippen LogP contribution is 2.35. The molecule has 16 heavy (non-hydrogen) atoms. The third-order valence-electron chi connectivity index (χ3n) is 1.89. The van der Waals surface area contributed by atoms with Gasteiger partial charge in [-0.2, -0.15) is 13.2 Å². The lowest BCUT2D eigenvalue weighted by molar-refractivity contribution is -0.209. The van der Waals surface area contributed by atoms with Crippen molar-refractivity contribution in [3.63, 3.8) is 0 Å². The van der Waals surface area contributed by atoms with Crippen molar-refractivity contribution in [2.45, 2.75) is 12.3 Å². The molecule has 0 spiro atoms. The summed E-state index contributed by atoms with van der Waals surface area (Å²) in [6.45, 7) is 0. The molecule has 0 saturated heterocycles.